The molecule has 20 heteroatoms. The SMILES string of the molecule is CN1C(=O)/C(=C/C2=C(F)C(Cl)=C(c3cc4sc5c(c4s3)C(C)(C)c3cc4c(cc3-5)C(C)(C)c3c-4sc4cc(C5=C(Cl)C(F)=C(/C=C6\SC(=S)N(C)C6=O)C(=N)C5=N)sc34)C(=N)C2=N)SC1=S. The summed E-state index contributed by atoms with van der Waals surface area (Å²) in [4.78, 5) is 31.7. The van der Waals surface area contributed by atoms with Crippen LogP contribution in [0.2, 0.25) is 0 Å². The highest BCUT2D eigenvalue weighted by molar-refractivity contribution is 8.27. The number of thiophene rings is 4. The van der Waals surface area contributed by atoms with Crippen molar-refractivity contribution in [2.24, 2.45) is 0 Å². The molecule has 4 aliphatic carbocycles. The predicted molar refractivity (Wildman–Crippen MR) is 283 cm³/mol. The molecular weight excluding hydrogens is 1030 g/mol. The standard InChI is InChI=1S/C46H28Cl2F2N6O2S8/c1-45(2)17-7-14-18(8-13(17)37-27(45)39-21(63-37)11-19(61-39)25-29(47)31(49)15(33(51)35(25)53)9-23-41(57)55(5)43(59)65-23)46(3,4)28-38(14)64-22-12-20(62-40(22)28)26-30(48)32(50)16(34(52)36(26)54)10-24-42(58)56(6)44(60)66-24/h7-12,51-54H,1-6H3/b23-9-,24-10-,51-33?,52-34?,53-35?,54-36?. The fraction of sp³-hybridized carbons (Fsp3) is 0.174. The van der Waals surface area contributed by atoms with Gasteiger partial charge in [-0.2, -0.15) is 0 Å². The molecule has 1 aromatic carbocycles. The number of carbonyl (C=O) groups is 2. The van der Waals surface area contributed by atoms with Crippen LogP contribution < -0.4 is 0 Å². The lowest BCUT2D eigenvalue weighted by molar-refractivity contribution is -0.122. The van der Waals surface area contributed by atoms with Gasteiger partial charge >= 0.3 is 0 Å². The third-order valence-corrected chi connectivity index (χ3v) is 21.4. The van der Waals surface area contributed by atoms with Crippen molar-refractivity contribution in [3.8, 4) is 20.9 Å². The molecular formula is C46H28Cl2F2N6O2S8. The third kappa shape index (κ3) is 5.89. The van der Waals surface area contributed by atoms with E-state index in [1.807, 2.05) is 12.1 Å². The van der Waals surface area contributed by atoms with E-state index in [1.165, 1.54) is 69.8 Å². The molecule has 0 atom stereocenters. The number of allylic oxidation sites excluding steroid dienone is 10. The van der Waals surface area contributed by atoms with Crippen molar-refractivity contribution >= 4 is 190 Å². The van der Waals surface area contributed by atoms with Crippen molar-refractivity contribution in [2.45, 2.75) is 38.5 Å². The van der Waals surface area contributed by atoms with Crippen LogP contribution in [0.4, 0.5) is 8.78 Å². The Morgan fingerprint density at radius 3 is 1.30 bits per heavy atom. The summed E-state index contributed by atoms with van der Waals surface area (Å²) in [5.74, 6) is -2.55. The molecule has 4 N–H and O–H groups in total. The van der Waals surface area contributed by atoms with Crippen LogP contribution in [0.1, 0.15) is 59.7 Å². The van der Waals surface area contributed by atoms with Gasteiger partial charge in [-0.05, 0) is 69.8 Å². The first kappa shape index (κ1) is 44.4. The Labute approximate surface area is 420 Å². The van der Waals surface area contributed by atoms with Crippen LogP contribution in [-0.4, -0.2) is 67.2 Å². The van der Waals surface area contributed by atoms with Gasteiger partial charge < -0.3 is 0 Å². The number of amides is 2. The van der Waals surface area contributed by atoms with Crippen LogP contribution in [-0.2, 0) is 20.4 Å². The van der Waals surface area contributed by atoms with Crippen LogP contribution >= 0.6 is 117 Å². The molecule has 6 aliphatic rings. The number of likely N-dealkylation sites (N-methyl/N-ethyl adjacent to an activating group) is 2. The quantitative estimate of drug-likeness (QED) is 0.0804. The van der Waals surface area contributed by atoms with Crippen molar-refractivity contribution in [3.63, 3.8) is 0 Å². The normalized spacial score (nSPS) is 21.6. The highest BCUT2D eigenvalue weighted by atomic mass is 35.5. The number of nitrogens with zero attached hydrogens (tertiary/aromatic N) is 2. The van der Waals surface area contributed by atoms with E-state index in [2.05, 4.69) is 39.8 Å². The topological polar surface area (TPSA) is 136 Å². The third-order valence-electron chi connectivity index (χ3n) is 12.8. The minimum absolute atomic E-state index is 0.139. The first-order chi connectivity index (χ1) is 31.0. The maximum Gasteiger partial charge on any atom is 0.265 e. The van der Waals surface area contributed by atoms with E-state index in [0.717, 1.165) is 74.3 Å². The average Bonchev–Trinajstić information content (AvgIpc) is 4.14. The van der Waals surface area contributed by atoms with Crippen LogP contribution in [0.25, 0.3) is 50.8 Å². The molecule has 2 saturated heterocycles. The van der Waals surface area contributed by atoms with Crippen molar-refractivity contribution < 1.29 is 18.4 Å². The summed E-state index contributed by atoms with van der Waals surface area (Å²) < 4.78 is 36.7. The zero-order valence-electron chi connectivity index (χ0n) is 35.0. The number of nitrogens with one attached hydrogen (secondary N) is 4. The zero-order chi connectivity index (χ0) is 47.1. The number of rotatable bonds is 4. The Hall–Kier alpha value is -4.08. The fourth-order valence-electron chi connectivity index (χ4n) is 9.32. The van der Waals surface area contributed by atoms with Crippen LogP contribution in [0, 0.1) is 21.6 Å². The number of carbonyl (C=O) groups excluding carboxylic acids is 2. The number of hydrogen-bond acceptors (Lipinski definition) is 14. The average molecular weight is 1060 g/mol. The largest absolute Gasteiger partial charge is 0.298 e. The van der Waals surface area contributed by atoms with Crippen molar-refractivity contribution in [1.29, 1.82) is 21.6 Å². The number of benzene rings is 1. The van der Waals surface area contributed by atoms with Gasteiger partial charge in [0.2, 0.25) is 0 Å². The van der Waals surface area contributed by atoms with E-state index in [4.69, 9.17) is 69.3 Å². The molecule has 0 spiro atoms. The molecule has 330 valence electrons. The molecule has 2 amide bonds. The first-order valence-electron chi connectivity index (χ1n) is 19.8. The van der Waals surface area contributed by atoms with E-state index in [-0.39, 0.29) is 65.0 Å². The molecule has 2 fully saturated rings. The Bertz CT molecular complexity index is 3390. The summed E-state index contributed by atoms with van der Waals surface area (Å²) in [5.41, 5.74) is 4.66. The molecule has 2 aliphatic heterocycles. The first-order valence-corrected chi connectivity index (χ1v) is 26.2. The Morgan fingerprint density at radius 1 is 0.606 bits per heavy atom. The van der Waals surface area contributed by atoms with Gasteiger partial charge in [-0.15, -0.1) is 45.3 Å². The minimum Gasteiger partial charge on any atom is -0.298 e. The monoisotopic (exact) mass is 1060 g/mol. The molecule has 0 bridgehead atoms. The van der Waals surface area contributed by atoms with E-state index in [9.17, 15) is 9.59 Å². The predicted octanol–water partition coefficient (Wildman–Crippen LogP) is 14.1. The van der Waals surface area contributed by atoms with Gasteiger partial charge in [-0.1, -0.05) is 98.9 Å². The molecule has 5 aromatic rings. The summed E-state index contributed by atoms with van der Waals surface area (Å²) in [6, 6.07) is 8.47. The second-order valence-electron chi connectivity index (χ2n) is 17.2. The minimum atomic E-state index is -0.870. The van der Waals surface area contributed by atoms with E-state index < -0.39 is 34.3 Å². The van der Waals surface area contributed by atoms with Gasteiger partial charge in [-0.25, -0.2) is 8.78 Å². The van der Waals surface area contributed by atoms with E-state index in [0.29, 0.717) is 18.4 Å². The maximum atomic E-state index is 16.1. The van der Waals surface area contributed by atoms with Crippen LogP contribution in [0.3, 0.4) is 0 Å². The Balaban J connectivity index is 0.954. The van der Waals surface area contributed by atoms with E-state index in [1.54, 1.807) is 22.7 Å². The van der Waals surface area contributed by atoms with Gasteiger partial charge in [0.15, 0.2) is 11.7 Å². The Morgan fingerprint density at radius 2 is 0.970 bits per heavy atom. The lowest BCUT2D eigenvalue weighted by Crippen LogP contribution is -2.23. The lowest BCUT2D eigenvalue weighted by Gasteiger charge is -2.24. The van der Waals surface area contributed by atoms with Crippen molar-refractivity contribution in [1.82, 2.24) is 9.80 Å². The van der Waals surface area contributed by atoms with Crippen LogP contribution in [0.15, 0.2) is 79.1 Å². The Kier molecular flexibility index (Phi) is 9.91. The number of halogens is 4. The van der Waals surface area contributed by atoms with Gasteiger partial charge in [0.05, 0.1) is 52.1 Å². The summed E-state index contributed by atoms with van der Waals surface area (Å²) >= 11 is 32.0. The molecule has 11 rings (SSSR count). The van der Waals surface area contributed by atoms with Gasteiger partial charge in [0.25, 0.3) is 11.8 Å². The van der Waals surface area contributed by atoms with Crippen molar-refractivity contribution in [2.75, 3.05) is 14.1 Å². The van der Waals surface area contributed by atoms with Crippen molar-refractivity contribution in [3.05, 3.63) is 111 Å². The van der Waals surface area contributed by atoms with Gasteiger partial charge in [0.1, 0.15) is 8.64 Å². The highest BCUT2D eigenvalue weighted by Crippen LogP contribution is 2.63. The molecule has 66 heavy (non-hydrogen) atoms. The summed E-state index contributed by atoms with van der Waals surface area (Å²) in [6.45, 7) is 8.82. The number of thioether (sulfide) groups is 2. The molecule has 6 heterocycles. The number of fused-ring (bicyclic) bond motifs is 10. The molecule has 0 saturated carbocycles. The van der Waals surface area contributed by atoms with Gasteiger partial charge in [-0.3, -0.25) is 41.0 Å². The maximum absolute atomic E-state index is 16.1. The number of thiocarbonyl (C=S) groups is 2. The fourth-order valence-corrected chi connectivity index (χ4v) is 18.4. The van der Waals surface area contributed by atoms with Gasteiger partial charge in [0, 0.05) is 76.1 Å². The molecule has 4 aromatic heterocycles. The summed E-state index contributed by atoms with van der Waals surface area (Å²) in [6.07, 6.45) is 2.51. The lowest BCUT2D eigenvalue weighted by atomic mass is 9.79. The second-order valence-corrected chi connectivity index (χ2v) is 25.5. The molecule has 8 nitrogen and oxygen atoms in total. The highest BCUT2D eigenvalue weighted by Gasteiger charge is 2.46. The van der Waals surface area contributed by atoms with E-state index >= 15 is 8.78 Å². The summed E-state index contributed by atoms with van der Waals surface area (Å²) in [5, 5.41) is 35.0. The second kappa shape index (κ2) is 14.7. The zero-order valence-corrected chi connectivity index (χ0v) is 43.0. The molecule has 0 unspecified atom stereocenters. The summed E-state index contributed by atoms with van der Waals surface area (Å²) in [7, 11) is 3.06. The number of hydrogen-bond donors (Lipinski definition) is 4. The molecule has 0 radical (unpaired) electrons. The van der Waals surface area contributed by atoms with Crippen LogP contribution in [0.5, 0.6) is 0 Å². The smallest absolute Gasteiger partial charge is 0.265 e.